The van der Waals surface area contributed by atoms with Crippen LogP contribution >= 0.6 is 11.6 Å². The summed E-state index contributed by atoms with van der Waals surface area (Å²) in [6, 6.07) is 0. The molecule has 0 spiro atoms. The van der Waals surface area contributed by atoms with E-state index in [-0.39, 0.29) is 5.04 Å². The maximum absolute atomic E-state index is 6.03. The molecule has 104 valence electrons. The number of halogens is 1. The molecule has 0 saturated carbocycles. The van der Waals surface area contributed by atoms with Gasteiger partial charge in [0.25, 0.3) is 0 Å². The van der Waals surface area contributed by atoms with E-state index >= 15 is 0 Å². The molecule has 1 aromatic heterocycles. The van der Waals surface area contributed by atoms with Crippen LogP contribution in [0.5, 0.6) is 0 Å². The first-order valence-corrected chi connectivity index (χ1v) is 9.61. The molecular weight excluding hydrogens is 276 g/mol. The van der Waals surface area contributed by atoms with Gasteiger partial charge in [-0.1, -0.05) is 38.3 Å². The van der Waals surface area contributed by atoms with Crippen LogP contribution in [0.15, 0.2) is 12.4 Å². The van der Waals surface area contributed by atoms with Crippen molar-refractivity contribution in [3.8, 4) is 11.8 Å². The molecule has 0 aliphatic heterocycles. The largest absolute Gasteiger partial charge is 0.416 e. The van der Waals surface area contributed by atoms with Gasteiger partial charge in [0.15, 0.2) is 8.32 Å². The van der Waals surface area contributed by atoms with Crippen molar-refractivity contribution in [2.24, 2.45) is 0 Å². The molecule has 1 aromatic rings. The molecule has 0 N–H and O–H groups in total. The minimum Gasteiger partial charge on any atom is -0.416 e. The van der Waals surface area contributed by atoms with Crippen molar-refractivity contribution < 1.29 is 4.43 Å². The maximum atomic E-state index is 6.03. The Bertz CT molecular complexity index is 469. The molecule has 0 saturated heterocycles. The Balaban J connectivity index is 2.42. The second-order valence-electron chi connectivity index (χ2n) is 5.89. The zero-order chi connectivity index (χ0) is 14.5. The van der Waals surface area contributed by atoms with E-state index in [0.29, 0.717) is 23.9 Å². The number of aromatic nitrogens is 2. The third-order valence-corrected chi connectivity index (χ3v) is 8.05. The van der Waals surface area contributed by atoms with E-state index in [1.54, 1.807) is 12.4 Å². The van der Waals surface area contributed by atoms with Gasteiger partial charge in [-0.25, -0.2) is 9.97 Å². The summed E-state index contributed by atoms with van der Waals surface area (Å²) in [5.41, 5.74) is 0. The molecule has 3 nitrogen and oxygen atoms in total. The summed E-state index contributed by atoms with van der Waals surface area (Å²) < 4.78 is 6.03. The summed E-state index contributed by atoms with van der Waals surface area (Å²) in [7, 11) is -1.66. The Morgan fingerprint density at radius 3 is 2.37 bits per heavy atom. The predicted molar refractivity (Wildman–Crippen MR) is 81.7 cm³/mol. The summed E-state index contributed by atoms with van der Waals surface area (Å²) in [6.45, 7) is 11.8. The van der Waals surface area contributed by atoms with Crippen LogP contribution in [0.1, 0.15) is 33.0 Å². The summed E-state index contributed by atoms with van der Waals surface area (Å²) in [6.07, 6.45) is 3.79. The fraction of sp³-hybridized carbons (Fsp3) is 0.571. The average Bonchev–Trinajstić information content (AvgIpc) is 2.29. The molecule has 0 unspecified atom stereocenters. The molecule has 0 aromatic carbocycles. The van der Waals surface area contributed by atoms with Gasteiger partial charge in [-0.05, 0) is 24.1 Å². The number of rotatable bonds is 3. The monoisotopic (exact) mass is 296 g/mol. The topological polar surface area (TPSA) is 35.0 Å². The Labute approximate surface area is 121 Å². The second kappa shape index (κ2) is 6.51. The summed E-state index contributed by atoms with van der Waals surface area (Å²) in [5.74, 6) is 6.42. The van der Waals surface area contributed by atoms with Gasteiger partial charge < -0.3 is 4.43 Å². The highest BCUT2D eigenvalue weighted by Crippen LogP contribution is 2.36. The normalized spacial score (nSPS) is 11.9. The van der Waals surface area contributed by atoms with E-state index in [9.17, 15) is 0 Å². The van der Waals surface area contributed by atoms with Crippen LogP contribution < -0.4 is 0 Å². The molecule has 0 bridgehead atoms. The van der Waals surface area contributed by atoms with Crippen molar-refractivity contribution in [2.45, 2.75) is 45.3 Å². The predicted octanol–water partition coefficient (Wildman–Crippen LogP) is 3.89. The van der Waals surface area contributed by atoms with Gasteiger partial charge in [0.05, 0.1) is 17.4 Å². The average molecular weight is 297 g/mol. The fourth-order valence-corrected chi connectivity index (χ4v) is 2.24. The van der Waals surface area contributed by atoms with Crippen LogP contribution in [0.2, 0.25) is 23.2 Å². The first-order chi connectivity index (χ1) is 8.72. The van der Waals surface area contributed by atoms with Gasteiger partial charge in [0.1, 0.15) is 0 Å². The second-order valence-corrected chi connectivity index (χ2v) is 11.1. The lowest BCUT2D eigenvalue weighted by Crippen LogP contribution is -2.40. The van der Waals surface area contributed by atoms with E-state index in [1.807, 2.05) is 0 Å². The SMILES string of the molecule is CC(C)(C)[Si](C)(C)OCCC#Cc1ncc(Cl)cn1. The van der Waals surface area contributed by atoms with Crippen LogP contribution in [0.25, 0.3) is 0 Å². The van der Waals surface area contributed by atoms with Crippen LogP contribution in [-0.4, -0.2) is 24.9 Å². The Hall–Kier alpha value is -0.893. The molecule has 0 amide bonds. The first kappa shape index (κ1) is 16.2. The molecule has 0 atom stereocenters. The van der Waals surface area contributed by atoms with E-state index < -0.39 is 8.32 Å². The highest BCUT2D eigenvalue weighted by atomic mass is 35.5. The van der Waals surface area contributed by atoms with Crippen molar-refractivity contribution in [3.63, 3.8) is 0 Å². The molecular formula is C14H21ClN2OSi. The first-order valence-electron chi connectivity index (χ1n) is 6.33. The summed E-state index contributed by atoms with van der Waals surface area (Å²) in [4.78, 5) is 8.03. The lowest BCUT2D eigenvalue weighted by atomic mass is 10.2. The molecule has 0 radical (unpaired) electrons. The molecule has 1 rings (SSSR count). The van der Waals surface area contributed by atoms with Crippen molar-refractivity contribution in [1.29, 1.82) is 0 Å². The lowest BCUT2D eigenvalue weighted by molar-refractivity contribution is 0.296. The quantitative estimate of drug-likeness (QED) is 0.482. The molecule has 1 heterocycles. The minimum absolute atomic E-state index is 0.236. The highest BCUT2D eigenvalue weighted by molar-refractivity contribution is 6.74. The van der Waals surface area contributed by atoms with Crippen LogP contribution in [-0.2, 0) is 4.43 Å². The molecule has 0 aliphatic rings. The van der Waals surface area contributed by atoms with E-state index in [2.05, 4.69) is 55.7 Å². The van der Waals surface area contributed by atoms with E-state index in [1.165, 1.54) is 0 Å². The third-order valence-electron chi connectivity index (χ3n) is 3.32. The van der Waals surface area contributed by atoms with Crippen LogP contribution in [0.3, 0.4) is 0 Å². The van der Waals surface area contributed by atoms with Crippen LogP contribution in [0, 0.1) is 11.8 Å². The van der Waals surface area contributed by atoms with Gasteiger partial charge in [-0.3, -0.25) is 0 Å². The Kier molecular flexibility index (Phi) is 5.54. The molecule has 0 aliphatic carbocycles. The zero-order valence-electron chi connectivity index (χ0n) is 12.2. The minimum atomic E-state index is -1.66. The van der Waals surface area contributed by atoms with Gasteiger partial charge in [0.2, 0.25) is 5.82 Å². The lowest BCUT2D eigenvalue weighted by Gasteiger charge is -2.35. The highest BCUT2D eigenvalue weighted by Gasteiger charge is 2.36. The molecule has 0 fully saturated rings. The number of hydrogen-bond acceptors (Lipinski definition) is 3. The van der Waals surface area contributed by atoms with E-state index in [0.717, 1.165) is 0 Å². The Morgan fingerprint density at radius 1 is 1.26 bits per heavy atom. The fourth-order valence-electron chi connectivity index (χ4n) is 1.09. The number of nitrogens with zero attached hydrogens (tertiary/aromatic N) is 2. The summed E-state index contributed by atoms with van der Waals surface area (Å²) in [5, 5.41) is 0.756. The van der Waals surface area contributed by atoms with Crippen molar-refractivity contribution >= 4 is 19.9 Å². The van der Waals surface area contributed by atoms with Crippen molar-refractivity contribution in [3.05, 3.63) is 23.2 Å². The van der Waals surface area contributed by atoms with Crippen molar-refractivity contribution in [1.82, 2.24) is 9.97 Å². The van der Waals surface area contributed by atoms with Gasteiger partial charge in [-0.2, -0.15) is 0 Å². The molecule has 5 heteroatoms. The smallest absolute Gasteiger partial charge is 0.204 e. The standard InChI is InChI=1S/C14H21ClN2OSi/c1-14(2,3)19(4,5)18-9-7-6-8-13-16-10-12(15)11-17-13/h10-11H,7,9H2,1-5H3. The summed E-state index contributed by atoms with van der Waals surface area (Å²) >= 11 is 5.70. The Morgan fingerprint density at radius 2 is 1.84 bits per heavy atom. The van der Waals surface area contributed by atoms with Gasteiger partial charge in [-0.15, -0.1) is 0 Å². The van der Waals surface area contributed by atoms with E-state index in [4.69, 9.17) is 16.0 Å². The van der Waals surface area contributed by atoms with Crippen LogP contribution in [0.4, 0.5) is 0 Å². The van der Waals surface area contributed by atoms with Gasteiger partial charge >= 0.3 is 0 Å². The molecule has 19 heavy (non-hydrogen) atoms. The maximum Gasteiger partial charge on any atom is 0.204 e. The van der Waals surface area contributed by atoms with Crippen molar-refractivity contribution in [2.75, 3.05) is 6.61 Å². The van der Waals surface area contributed by atoms with Gasteiger partial charge in [0, 0.05) is 13.0 Å². The third kappa shape index (κ3) is 5.31. The zero-order valence-corrected chi connectivity index (χ0v) is 14.0. The number of hydrogen-bond donors (Lipinski definition) is 0.